The van der Waals surface area contributed by atoms with Gasteiger partial charge < -0.3 is 14.4 Å². The average molecular weight is 237 g/mol. The second-order valence-electron chi connectivity index (χ2n) is 5.14. The molecule has 1 aromatic heterocycles. The van der Waals surface area contributed by atoms with Gasteiger partial charge in [-0.1, -0.05) is 0 Å². The molecule has 1 N–H and O–H groups in total. The molecule has 3 atom stereocenters. The van der Waals surface area contributed by atoms with Gasteiger partial charge >= 0.3 is 0 Å². The van der Waals surface area contributed by atoms with Gasteiger partial charge in [-0.15, -0.1) is 10.2 Å². The van der Waals surface area contributed by atoms with E-state index in [0.717, 1.165) is 44.1 Å². The molecule has 5 nitrogen and oxygen atoms in total. The van der Waals surface area contributed by atoms with E-state index in [9.17, 15) is 5.11 Å². The van der Waals surface area contributed by atoms with Crippen molar-refractivity contribution in [2.45, 2.75) is 44.8 Å². The molecule has 0 saturated carbocycles. The zero-order valence-corrected chi connectivity index (χ0v) is 10.2. The Labute approximate surface area is 101 Å². The Kier molecular flexibility index (Phi) is 2.88. The normalized spacial score (nSPS) is 32.7. The molecule has 1 fully saturated rings. The molecule has 0 amide bonds. The summed E-state index contributed by atoms with van der Waals surface area (Å²) in [6.07, 6.45) is 3.21. The van der Waals surface area contributed by atoms with Gasteiger partial charge in [-0.2, -0.15) is 0 Å². The fourth-order valence-electron chi connectivity index (χ4n) is 2.91. The van der Waals surface area contributed by atoms with E-state index in [1.807, 2.05) is 0 Å². The molecule has 3 unspecified atom stereocenters. The molecule has 3 heterocycles. The zero-order chi connectivity index (χ0) is 11.8. The van der Waals surface area contributed by atoms with Crippen LogP contribution >= 0.6 is 0 Å². The van der Waals surface area contributed by atoms with Gasteiger partial charge in [0.05, 0.1) is 6.10 Å². The highest BCUT2D eigenvalue weighted by Crippen LogP contribution is 2.32. The Hall–Kier alpha value is -0.940. The summed E-state index contributed by atoms with van der Waals surface area (Å²) < 4.78 is 7.81. The van der Waals surface area contributed by atoms with Crippen molar-refractivity contribution >= 4 is 0 Å². The van der Waals surface area contributed by atoms with Crippen LogP contribution < -0.4 is 0 Å². The van der Waals surface area contributed by atoms with Crippen LogP contribution in [-0.2, 0) is 17.7 Å². The Balaban J connectivity index is 1.89. The highest BCUT2D eigenvalue weighted by Gasteiger charge is 2.32. The van der Waals surface area contributed by atoms with Gasteiger partial charge in [0.1, 0.15) is 11.6 Å². The van der Waals surface area contributed by atoms with Crippen molar-refractivity contribution in [1.82, 2.24) is 14.8 Å². The molecule has 94 valence electrons. The number of aliphatic hydroxyl groups excluding tert-OH is 1. The summed E-state index contributed by atoms with van der Waals surface area (Å²) in [5.74, 6) is 2.86. The molecule has 2 aliphatic rings. The Morgan fingerprint density at radius 1 is 1.41 bits per heavy atom. The van der Waals surface area contributed by atoms with Crippen LogP contribution in [0.15, 0.2) is 0 Å². The van der Waals surface area contributed by atoms with E-state index >= 15 is 0 Å². The molecule has 0 aromatic carbocycles. The summed E-state index contributed by atoms with van der Waals surface area (Å²) in [4.78, 5) is 0. The number of aryl methyl sites for hydroxylation is 1. The lowest BCUT2D eigenvalue weighted by Crippen LogP contribution is -2.26. The minimum Gasteiger partial charge on any atom is -0.396 e. The maximum absolute atomic E-state index is 9.28. The third kappa shape index (κ3) is 1.87. The molecular formula is C12H19N3O2. The SMILES string of the molecule is CC1OCCC1c1nnc2n1CC(CO)CC2. The Morgan fingerprint density at radius 2 is 2.29 bits per heavy atom. The van der Waals surface area contributed by atoms with E-state index < -0.39 is 0 Å². The van der Waals surface area contributed by atoms with Crippen molar-refractivity contribution in [3.63, 3.8) is 0 Å². The van der Waals surface area contributed by atoms with Crippen molar-refractivity contribution < 1.29 is 9.84 Å². The monoisotopic (exact) mass is 237 g/mol. The highest BCUT2D eigenvalue weighted by molar-refractivity contribution is 5.08. The second kappa shape index (κ2) is 4.38. The molecule has 17 heavy (non-hydrogen) atoms. The summed E-state index contributed by atoms with van der Waals surface area (Å²) in [7, 11) is 0. The number of fused-ring (bicyclic) bond motifs is 1. The standard InChI is InChI=1S/C12H19N3O2/c1-8-10(4-5-17-8)12-14-13-11-3-2-9(7-16)6-15(11)12/h8-10,16H,2-7H2,1H3. The third-order valence-electron chi connectivity index (χ3n) is 4.04. The van der Waals surface area contributed by atoms with Crippen molar-refractivity contribution in [3.05, 3.63) is 11.6 Å². The maximum atomic E-state index is 9.28. The van der Waals surface area contributed by atoms with Crippen LogP contribution in [0.5, 0.6) is 0 Å². The predicted octanol–water partition coefficient (Wildman–Crippen LogP) is 0.725. The van der Waals surface area contributed by atoms with Crippen LogP contribution in [0.2, 0.25) is 0 Å². The van der Waals surface area contributed by atoms with Crippen molar-refractivity contribution in [2.75, 3.05) is 13.2 Å². The first-order chi connectivity index (χ1) is 8.29. The van der Waals surface area contributed by atoms with Gasteiger partial charge in [-0.25, -0.2) is 0 Å². The van der Waals surface area contributed by atoms with Crippen LogP contribution in [0, 0.1) is 5.92 Å². The summed E-state index contributed by atoms with van der Waals surface area (Å²) in [6.45, 7) is 4.04. The van der Waals surface area contributed by atoms with E-state index in [-0.39, 0.29) is 12.7 Å². The minimum atomic E-state index is 0.234. The second-order valence-corrected chi connectivity index (χ2v) is 5.14. The first kappa shape index (κ1) is 11.2. The summed E-state index contributed by atoms with van der Waals surface area (Å²) in [5.41, 5.74) is 0. The first-order valence-corrected chi connectivity index (χ1v) is 6.44. The Bertz CT molecular complexity index is 404. The smallest absolute Gasteiger partial charge is 0.138 e. The number of rotatable bonds is 2. The quantitative estimate of drug-likeness (QED) is 0.823. The maximum Gasteiger partial charge on any atom is 0.138 e. The number of hydrogen-bond acceptors (Lipinski definition) is 4. The largest absolute Gasteiger partial charge is 0.396 e. The fraction of sp³-hybridized carbons (Fsp3) is 0.833. The number of aromatic nitrogens is 3. The summed E-state index contributed by atoms with van der Waals surface area (Å²) >= 11 is 0. The van der Waals surface area contributed by atoms with Gasteiger partial charge in [0.2, 0.25) is 0 Å². The lowest BCUT2D eigenvalue weighted by molar-refractivity contribution is 0.116. The first-order valence-electron chi connectivity index (χ1n) is 6.44. The number of hydrogen-bond donors (Lipinski definition) is 1. The van der Waals surface area contributed by atoms with Crippen molar-refractivity contribution in [2.24, 2.45) is 5.92 Å². The van der Waals surface area contributed by atoms with Crippen LogP contribution in [0.4, 0.5) is 0 Å². The van der Waals surface area contributed by atoms with Gasteiger partial charge in [0.15, 0.2) is 0 Å². The number of ether oxygens (including phenoxy) is 1. The molecule has 0 bridgehead atoms. The number of aliphatic hydroxyl groups is 1. The number of nitrogens with zero attached hydrogens (tertiary/aromatic N) is 3. The van der Waals surface area contributed by atoms with Crippen LogP contribution in [0.3, 0.4) is 0 Å². The Morgan fingerprint density at radius 3 is 3.00 bits per heavy atom. The van der Waals surface area contributed by atoms with Gasteiger partial charge in [-0.3, -0.25) is 0 Å². The van der Waals surface area contributed by atoms with Crippen molar-refractivity contribution in [3.8, 4) is 0 Å². The van der Waals surface area contributed by atoms with E-state index in [1.54, 1.807) is 0 Å². The summed E-state index contributed by atoms with van der Waals surface area (Å²) in [5, 5.41) is 17.9. The van der Waals surface area contributed by atoms with Gasteiger partial charge in [0, 0.05) is 38.0 Å². The molecule has 0 aliphatic carbocycles. The third-order valence-corrected chi connectivity index (χ3v) is 4.04. The van der Waals surface area contributed by atoms with Crippen LogP contribution in [-0.4, -0.2) is 39.2 Å². The van der Waals surface area contributed by atoms with E-state index in [0.29, 0.717) is 11.8 Å². The molecule has 0 spiro atoms. The predicted molar refractivity (Wildman–Crippen MR) is 61.7 cm³/mol. The highest BCUT2D eigenvalue weighted by atomic mass is 16.5. The molecule has 3 rings (SSSR count). The van der Waals surface area contributed by atoms with E-state index in [2.05, 4.69) is 21.7 Å². The van der Waals surface area contributed by atoms with Crippen molar-refractivity contribution in [1.29, 1.82) is 0 Å². The molecule has 1 saturated heterocycles. The van der Waals surface area contributed by atoms with Gasteiger partial charge in [0.25, 0.3) is 0 Å². The molecular weight excluding hydrogens is 218 g/mol. The van der Waals surface area contributed by atoms with E-state index in [1.165, 1.54) is 0 Å². The van der Waals surface area contributed by atoms with E-state index in [4.69, 9.17) is 4.74 Å². The van der Waals surface area contributed by atoms with Gasteiger partial charge in [-0.05, 0) is 19.8 Å². The minimum absolute atomic E-state index is 0.234. The van der Waals surface area contributed by atoms with Crippen LogP contribution in [0.25, 0.3) is 0 Å². The molecule has 0 radical (unpaired) electrons. The molecule has 1 aromatic rings. The average Bonchev–Trinajstić information content (AvgIpc) is 2.94. The molecule has 5 heteroatoms. The summed E-state index contributed by atoms with van der Waals surface area (Å²) in [6, 6.07) is 0. The fourth-order valence-corrected chi connectivity index (χ4v) is 2.91. The zero-order valence-electron chi connectivity index (χ0n) is 10.2. The molecule has 2 aliphatic heterocycles. The topological polar surface area (TPSA) is 60.2 Å². The lowest BCUT2D eigenvalue weighted by Gasteiger charge is -2.24. The van der Waals surface area contributed by atoms with Crippen LogP contribution in [0.1, 0.15) is 37.3 Å². The lowest BCUT2D eigenvalue weighted by atomic mass is 9.97.